The zero-order valence-corrected chi connectivity index (χ0v) is 10.8. The molecule has 0 saturated carbocycles. The van der Waals surface area contributed by atoms with Crippen LogP contribution in [-0.2, 0) is 17.9 Å². The molecule has 0 bridgehead atoms. The number of carbonyl (C=O) groups is 1. The van der Waals surface area contributed by atoms with Crippen LogP contribution in [0.1, 0.15) is 32.9 Å². The van der Waals surface area contributed by atoms with Gasteiger partial charge in [-0.15, -0.1) is 0 Å². The van der Waals surface area contributed by atoms with Crippen LogP contribution in [0.4, 0.5) is 0 Å². The number of hydrogen-bond donors (Lipinski definition) is 1. The maximum atomic E-state index is 10.8. The first-order valence-electron chi connectivity index (χ1n) is 6.03. The zero-order valence-electron chi connectivity index (χ0n) is 10.8. The van der Waals surface area contributed by atoms with E-state index < -0.39 is 5.97 Å². The summed E-state index contributed by atoms with van der Waals surface area (Å²) in [4.78, 5) is 16.9. The van der Waals surface area contributed by atoms with Gasteiger partial charge >= 0.3 is 5.97 Å². The second kappa shape index (κ2) is 6.39. The molecule has 0 aromatic carbocycles. The maximum absolute atomic E-state index is 10.8. The van der Waals surface area contributed by atoms with Crippen LogP contribution in [0.5, 0.6) is 0 Å². The fourth-order valence-electron chi connectivity index (χ4n) is 1.77. The molecule has 1 N–H and O–H groups in total. The van der Waals surface area contributed by atoms with E-state index in [0.717, 1.165) is 18.7 Å². The minimum atomic E-state index is -0.784. The van der Waals surface area contributed by atoms with Crippen LogP contribution >= 0.6 is 0 Å². The highest BCUT2D eigenvalue weighted by Gasteiger charge is 2.17. The van der Waals surface area contributed by atoms with Crippen molar-refractivity contribution in [3.05, 3.63) is 18.2 Å². The van der Waals surface area contributed by atoms with E-state index in [2.05, 4.69) is 25.8 Å². The van der Waals surface area contributed by atoms with Crippen LogP contribution in [0.25, 0.3) is 0 Å². The Morgan fingerprint density at radius 1 is 1.59 bits per heavy atom. The number of hydrogen-bond acceptors (Lipinski definition) is 3. The van der Waals surface area contributed by atoms with E-state index in [4.69, 9.17) is 5.11 Å². The SMILES string of the molecule is CCC(C)N(CC(=O)O)Cc1cncn1CC. The summed E-state index contributed by atoms with van der Waals surface area (Å²) in [6.45, 7) is 7.73. The van der Waals surface area contributed by atoms with Crippen LogP contribution in [0, 0.1) is 0 Å². The second-order valence-electron chi connectivity index (χ2n) is 4.23. The average molecular weight is 239 g/mol. The van der Waals surface area contributed by atoms with Gasteiger partial charge in [-0.25, -0.2) is 4.98 Å². The summed E-state index contributed by atoms with van der Waals surface area (Å²) >= 11 is 0. The van der Waals surface area contributed by atoms with Gasteiger partial charge in [0.1, 0.15) is 0 Å². The highest BCUT2D eigenvalue weighted by molar-refractivity contribution is 5.69. The fourth-order valence-corrected chi connectivity index (χ4v) is 1.77. The molecule has 0 spiro atoms. The van der Waals surface area contributed by atoms with Gasteiger partial charge in [0.2, 0.25) is 0 Å². The monoisotopic (exact) mass is 239 g/mol. The summed E-state index contributed by atoms with van der Waals surface area (Å²) in [6, 6.07) is 0.256. The molecule has 0 aliphatic carbocycles. The third kappa shape index (κ3) is 3.85. The molecule has 1 heterocycles. The van der Waals surface area contributed by atoms with Gasteiger partial charge in [0.05, 0.1) is 18.6 Å². The highest BCUT2D eigenvalue weighted by Crippen LogP contribution is 2.10. The third-order valence-electron chi connectivity index (χ3n) is 3.06. The Balaban J connectivity index is 2.75. The topological polar surface area (TPSA) is 58.4 Å². The number of aryl methyl sites for hydroxylation is 1. The summed E-state index contributed by atoms with van der Waals surface area (Å²) in [5.41, 5.74) is 1.06. The first-order chi connectivity index (χ1) is 8.08. The fraction of sp³-hybridized carbons (Fsp3) is 0.667. The van der Waals surface area contributed by atoms with Crippen molar-refractivity contribution in [1.82, 2.24) is 14.5 Å². The van der Waals surface area contributed by atoms with Crippen molar-refractivity contribution in [3.63, 3.8) is 0 Å². The van der Waals surface area contributed by atoms with Gasteiger partial charge in [-0.1, -0.05) is 6.92 Å². The van der Waals surface area contributed by atoms with Crippen molar-refractivity contribution >= 4 is 5.97 Å². The molecule has 1 aromatic heterocycles. The van der Waals surface area contributed by atoms with E-state index in [1.54, 1.807) is 12.5 Å². The molecule has 0 saturated heterocycles. The quantitative estimate of drug-likeness (QED) is 0.785. The molecule has 1 atom stereocenters. The van der Waals surface area contributed by atoms with Gasteiger partial charge in [-0.05, 0) is 20.3 Å². The molecule has 17 heavy (non-hydrogen) atoms. The summed E-state index contributed by atoms with van der Waals surface area (Å²) in [5.74, 6) is -0.784. The lowest BCUT2D eigenvalue weighted by molar-refractivity contribution is -0.139. The third-order valence-corrected chi connectivity index (χ3v) is 3.06. The van der Waals surface area contributed by atoms with Gasteiger partial charge in [-0.2, -0.15) is 0 Å². The van der Waals surface area contributed by atoms with Crippen LogP contribution < -0.4 is 0 Å². The van der Waals surface area contributed by atoms with E-state index in [-0.39, 0.29) is 12.6 Å². The Kier molecular flexibility index (Phi) is 5.15. The Morgan fingerprint density at radius 3 is 2.82 bits per heavy atom. The molecule has 96 valence electrons. The highest BCUT2D eigenvalue weighted by atomic mass is 16.4. The van der Waals surface area contributed by atoms with Gasteiger partial charge in [0.15, 0.2) is 0 Å². The van der Waals surface area contributed by atoms with E-state index in [1.807, 2.05) is 9.47 Å². The summed E-state index contributed by atoms with van der Waals surface area (Å²) in [5, 5.41) is 8.92. The van der Waals surface area contributed by atoms with Crippen LogP contribution in [0.3, 0.4) is 0 Å². The van der Waals surface area contributed by atoms with Crippen molar-refractivity contribution in [3.8, 4) is 0 Å². The number of rotatable bonds is 7. The van der Waals surface area contributed by atoms with Crippen LogP contribution in [-0.4, -0.2) is 38.1 Å². The van der Waals surface area contributed by atoms with Gasteiger partial charge < -0.3 is 9.67 Å². The van der Waals surface area contributed by atoms with Crippen molar-refractivity contribution < 1.29 is 9.90 Å². The largest absolute Gasteiger partial charge is 0.480 e. The van der Waals surface area contributed by atoms with Crippen LogP contribution in [0.15, 0.2) is 12.5 Å². The lowest BCUT2D eigenvalue weighted by Gasteiger charge is -2.26. The van der Waals surface area contributed by atoms with E-state index in [0.29, 0.717) is 6.54 Å². The Bertz CT molecular complexity index is 362. The Hall–Kier alpha value is -1.36. The molecular weight excluding hydrogens is 218 g/mol. The normalized spacial score (nSPS) is 12.9. The van der Waals surface area contributed by atoms with E-state index in [9.17, 15) is 4.79 Å². The summed E-state index contributed by atoms with van der Waals surface area (Å²) < 4.78 is 2.04. The average Bonchev–Trinajstić information content (AvgIpc) is 2.73. The summed E-state index contributed by atoms with van der Waals surface area (Å²) in [7, 11) is 0. The number of imidazole rings is 1. The molecule has 0 radical (unpaired) electrons. The lowest BCUT2D eigenvalue weighted by Crippen LogP contribution is -2.37. The second-order valence-corrected chi connectivity index (χ2v) is 4.23. The number of aliphatic carboxylic acids is 1. The van der Waals surface area contributed by atoms with Gasteiger partial charge in [-0.3, -0.25) is 9.69 Å². The number of aromatic nitrogens is 2. The molecule has 5 heteroatoms. The molecule has 0 aliphatic rings. The van der Waals surface area contributed by atoms with Crippen molar-refractivity contribution in [2.75, 3.05) is 6.54 Å². The van der Waals surface area contributed by atoms with E-state index in [1.165, 1.54) is 0 Å². The van der Waals surface area contributed by atoms with Gasteiger partial charge in [0.25, 0.3) is 0 Å². The maximum Gasteiger partial charge on any atom is 0.317 e. The molecule has 1 aromatic rings. The minimum Gasteiger partial charge on any atom is -0.480 e. The predicted molar refractivity (Wildman–Crippen MR) is 65.7 cm³/mol. The number of carboxylic acids is 1. The smallest absolute Gasteiger partial charge is 0.317 e. The first kappa shape index (κ1) is 13.7. The van der Waals surface area contributed by atoms with Crippen molar-refractivity contribution in [2.45, 2.75) is 46.3 Å². The molecular formula is C12H21N3O2. The minimum absolute atomic E-state index is 0.0733. The summed E-state index contributed by atoms with van der Waals surface area (Å²) in [6.07, 6.45) is 4.53. The number of carboxylic acid groups (broad SMARTS) is 1. The number of nitrogens with zero attached hydrogens (tertiary/aromatic N) is 3. The molecule has 5 nitrogen and oxygen atoms in total. The van der Waals surface area contributed by atoms with Crippen LogP contribution in [0.2, 0.25) is 0 Å². The molecule has 0 fully saturated rings. The predicted octanol–water partition coefficient (Wildman–Crippen LogP) is 1.59. The molecule has 1 unspecified atom stereocenters. The standard InChI is InChI=1S/C12H21N3O2/c1-4-10(3)15(8-12(16)17)7-11-6-13-9-14(11)5-2/h6,9-10H,4-5,7-8H2,1-3H3,(H,16,17). The molecule has 1 rings (SSSR count). The Morgan fingerprint density at radius 2 is 2.29 bits per heavy atom. The first-order valence-corrected chi connectivity index (χ1v) is 6.03. The molecule has 0 amide bonds. The van der Waals surface area contributed by atoms with Gasteiger partial charge in [0, 0.05) is 25.3 Å². The van der Waals surface area contributed by atoms with Crippen molar-refractivity contribution in [1.29, 1.82) is 0 Å². The van der Waals surface area contributed by atoms with Crippen molar-refractivity contribution in [2.24, 2.45) is 0 Å². The van der Waals surface area contributed by atoms with E-state index >= 15 is 0 Å². The lowest BCUT2D eigenvalue weighted by atomic mass is 10.2. The zero-order chi connectivity index (χ0) is 12.8. The molecule has 0 aliphatic heterocycles. The Labute approximate surface area is 102 Å².